The van der Waals surface area contributed by atoms with E-state index in [1.807, 2.05) is 17.5 Å². The summed E-state index contributed by atoms with van der Waals surface area (Å²) in [7, 11) is 0. The summed E-state index contributed by atoms with van der Waals surface area (Å²) in [6.45, 7) is -0.250. The van der Waals surface area contributed by atoms with Gasteiger partial charge in [0.05, 0.1) is 15.9 Å². The van der Waals surface area contributed by atoms with Crippen LogP contribution in [0.3, 0.4) is 0 Å². The van der Waals surface area contributed by atoms with E-state index in [2.05, 4.69) is 4.98 Å². The summed E-state index contributed by atoms with van der Waals surface area (Å²) < 4.78 is 1.09. The van der Waals surface area contributed by atoms with E-state index in [-0.39, 0.29) is 6.47 Å². The number of nitrogen functional groups attached to an aromatic ring is 1. The molecule has 0 atom stereocenters. The molecule has 0 saturated heterocycles. The summed E-state index contributed by atoms with van der Waals surface area (Å²) in [6, 6.07) is 3.79. The first-order valence-electron chi connectivity index (χ1n) is 3.45. The monoisotopic (exact) mass is 196 g/mol. The predicted molar refractivity (Wildman–Crippen MR) is 52.7 cm³/mol. The molecule has 0 saturated carbocycles. The van der Waals surface area contributed by atoms with Crippen molar-refractivity contribution in [2.24, 2.45) is 0 Å². The van der Waals surface area contributed by atoms with Crippen molar-refractivity contribution in [3.8, 4) is 0 Å². The molecule has 0 aliphatic rings. The topological polar surface area (TPSA) is 76.2 Å². The minimum atomic E-state index is -0.250. The highest BCUT2D eigenvalue weighted by Crippen LogP contribution is 2.23. The lowest BCUT2D eigenvalue weighted by Crippen LogP contribution is -1.83. The quantitative estimate of drug-likeness (QED) is 0.627. The van der Waals surface area contributed by atoms with Gasteiger partial charge in [-0.2, -0.15) is 0 Å². The van der Waals surface area contributed by atoms with Gasteiger partial charge in [0, 0.05) is 6.20 Å². The molecule has 0 fully saturated rings. The first-order chi connectivity index (χ1) is 6.29. The second-order valence-corrected chi connectivity index (χ2v) is 3.06. The van der Waals surface area contributed by atoms with Crippen LogP contribution < -0.4 is 5.73 Å². The fourth-order valence-electron chi connectivity index (χ4n) is 0.894. The second kappa shape index (κ2) is 4.42. The lowest BCUT2D eigenvalue weighted by Gasteiger charge is -1.91. The Kier molecular flexibility index (Phi) is 3.22. The van der Waals surface area contributed by atoms with Crippen molar-refractivity contribution >= 4 is 33.7 Å². The summed E-state index contributed by atoms with van der Waals surface area (Å²) in [5.74, 6) is 0. The third-order valence-electron chi connectivity index (χ3n) is 1.37. The molecule has 0 unspecified atom stereocenters. The molecular formula is C8H8N2O2S. The molecule has 0 aliphatic carbocycles. The van der Waals surface area contributed by atoms with Gasteiger partial charge >= 0.3 is 0 Å². The number of pyridine rings is 1. The first-order valence-corrected chi connectivity index (χ1v) is 4.33. The Morgan fingerprint density at radius 3 is 2.85 bits per heavy atom. The van der Waals surface area contributed by atoms with E-state index in [0.29, 0.717) is 0 Å². The number of thiophene rings is 1. The van der Waals surface area contributed by atoms with Crippen LogP contribution in [0.5, 0.6) is 0 Å². The van der Waals surface area contributed by atoms with Gasteiger partial charge < -0.3 is 10.8 Å². The highest BCUT2D eigenvalue weighted by molar-refractivity contribution is 7.17. The lowest BCUT2D eigenvalue weighted by atomic mass is 10.4. The third kappa shape index (κ3) is 2.16. The van der Waals surface area contributed by atoms with Crippen LogP contribution in [0.2, 0.25) is 0 Å². The maximum atomic E-state index is 8.36. The maximum absolute atomic E-state index is 8.36. The third-order valence-corrected chi connectivity index (χ3v) is 2.33. The number of hydrogen-bond donors (Lipinski definition) is 2. The van der Waals surface area contributed by atoms with Crippen molar-refractivity contribution in [3.05, 3.63) is 23.7 Å². The fourth-order valence-corrected chi connectivity index (χ4v) is 1.67. The molecule has 3 N–H and O–H groups in total. The van der Waals surface area contributed by atoms with Gasteiger partial charge in [-0.15, -0.1) is 11.3 Å². The van der Waals surface area contributed by atoms with Crippen molar-refractivity contribution < 1.29 is 9.90 Å². The number of carboxylic acid groups (broad SMARTS) is 1. The van der Waals surface area contributed by atoms with Crippen molar-refractivity contribution in [2.75, 3.05) is 5.73 Å². The van der Waals surface area contributed by atoms with Gasteiger partial charge in [0.2, 0.25) is 0 Å². The van der Waals surface area contributed by atoms with E-state index in [0.717, 1.165) is 15.9 Å². The van der Waals surface area contributed by atoms with Crippen LogP contribution in [0.1, 0.15) is 0 Å². The molecule has 0 bridgehead atoms. The SMILES string of the molecule is Nc1ccnc2ccsc12.O=CO. The van der Waals surface area contributed by atoms with E-state index in [4.69, 9.17) is 15.6 Å². The Labute approximate surface area is 78.6 Å². The highest BCUT2D eigenvalue weighted by atomic mass is 32.1. The van der Waals surface area contributed by atoms with Crippen molar-refractivity contribution in [1.82, 2.24) is 4.98 Å². The number of hydrogen-bond acceptors (Lipinski definition) is 4. The molecule has 0 aromatic carbocycles. The number of anilines is 1. The number of rotatable bonds is 0. The number of fused-ring (bicyclic) bond motifs is 1. The Balaban J connectivity index is 0.000000251. The molecule has 2 aromatic rings. The van der Waals surface area contributed by atoms with Crippen LogP contribution in [0.15, 0.2) is 23.7 Å². The van der Waals surface area contributed by atoms with Crippen molar-refractivity contribution in [3.63, 3.8) is 0 Å². The van der Waals surface area contributed by atoms with Gasteiger partial charge in [-0.25, -0.2) is 0 Å². The van der Waals surface area contributed by atoms with Gasteiger partial charge in [0.15, 0.2) is 0 Å². The van der Waals surface area contributed by atoms with E-state index in [1.165, 1.54) is 0 Å². The highest BCUT2D eigenvalue weighted by Gasteiger charge is 1.96. The Bertz CT molecular complexity index is 400. The summed E-state index contributed by atoms with van der Waals surface area (Å²) in [4.78, 5) is 12.5. The molecule has 2 heterocycles. The molecule has 0 aliphatic heterocycles. The molecule has 4 nitrogen and oxygen atoms in total. The Morgan fingerprint density at radius 1 is 1.54 bits per heavy atom. The van der Waals surface area contributed by atoms with Crippen molar-refractivity contribution in [2.45, 2.75) is 0 Å². The average Bonchev–Trinajstić information content (AvgIpc) is 2.54. The summed E-state index contributed by atoms with van der Waals surface area (Å²) >= 11 is 1.63. The standard InChI is InChI=1S/C7H6N2S.CH2O2/c8-5-1-3-9-6-2-4-10-7(5)6;2-1-3/h1-4H,(H2,8,9);1H,(H,2,3). The van der Waals surface area contributed by atoms with Gasteiger partial charge in [-0.3, -0.25) is 9.78 Å². The molecule has 2 rings (SSSR count). The first kappa shape index (κ1) is 9.47. The molecule has 0 spiro atoms. The zero-order valence-electron chi connectivity index (χ0n) is 6.68. The maximum Gasteiger partial charge on any atom is 0.290 e. The number of nitrogens with zero attached hydrogens (tertiary/aromatic N) is 1. The van der Waals surface area contributed by atoms with Crippen LogP contribution in [-0.2, 0) is 4.79 Å². The molecule has 0 amide bonds. The van der Waals surface area contributed by atoms with E-state index in [9.17, 15) is 0 Å². The van der Waals surface area contributed by atoms with Gasteiger partial charge in [0.25, 0.3) is 6.47 Å². The van der Waals surface area contributed by atoms with E-state index in [1.54, 1.807) is 17.5 Å². The summed E-state index contributed by atoms with van der Waals surface area (Å²) in [6.07, 6.45) is 1.73. The zero-order chi connectivity index (χ0) is 9.68. The molecule has 0 radical (unpaired) electrons. The minimum Gasteiger partial charge on any atom is -0.483 e. The molecule has 2 aromatic heterocycles. The van der Waals surface area contributed by atoms with E-state index >= 15 is 0 Å². The molecule has 13 heavy (non-hydrogen) atoms. The molecular weight excluding hydrogens is 188 g/mol. The molecule has 68 valence electrons. The second-order valence-electron chi connectivity index (χ2n) is 2.14. The molecule has 5 heteroatoms. The smallest absolute Gasteiger partial charge is 0.290 e. The Morgan fingerprint density at radius 2 is 2.23 bits per heavy atom. The summed E-state index contributed by atoms with van der Waals surface area (Å²) in [5, 5.41) is 8.88. The normalized spacial score (nSPS) is 8.92. The minimum absolute atomic E-state index is 0.250. The van der Waals surface area contributed by atoms with Gasteiger partial charge in [-0.1, -0.05) is 0 Å². The summed E-state index contributed by atoms with van der Waals surface area (Å²) in [5.41, 5.74) is 7.48. The Hall–Kier alpha value is -1.62. The number of carbonyl (C=O) groups is 1. The largest absolute Gasteiger partial charge is 0.483 e. The average molecular weight is 196 g/mol. The van der Waals surface area contributed by atoms with E-state index < -0.39 is 0 Å². The van der Waals surface area contributed by atoms with Crippen LogP contribution in [0.4, 0.5) is 5.69 Å². The lowest BCUT2D eigenvalue weighted by molar-refractivity contribution is -0.122. The zero-order valence-corrected chi connectivity index (χ0v) is 7.49. The van der Waals surface area contributed by atoms with Crippen LogP contribution in [0, 0.1) is 0 Å². The number of nitrogens with two attached hydrogens (primary N) is 1. The van der Waals surface area contributed by atoms with Crippen molar-refractivity contribution in [1.29, 1.82) is 0 Å². The van der Waals surface area contributed by atoms with Gasteiger partial charge in [0.1, 0.15) is 0 Å². The van der Waals surface area contributed by atoms with Crippen LogP contribution >= 0.6 is 11.3 Å². The van der Waals surface area contributed by atoms with Crippen LogP contribution in [0.25, 0.3) is 10.2 Å². The van der Waals surface area contributed by atoms with Crippen LogP contribution in [-0.4, -0.2) is 16.6 Å². The fraction of sp³-hybridized carbons (Fsp3) is 0. The van der Waals surface area contributed by atoms with Gasteiger partial charge in [-0.05, 0) is 17.5 Å². The predicted octanol–water partition coefficient (Wildman–Crippen LogP) is 1.58. The number of aromatic nitrogens is 1.